The van der Waals surface area contributed by atoms with Crippen molar-refractivity contribution in [3.63, 3.8) is 0 Å². The molecule has 0 radical (unpaired) electrons. The maximum atomic E-state index is 12.3. The molecule has 6 heteroatoms. The predicted molar refractivity (Wildman–Crippen MR) is 91.6 cm³/mol. The zero-order chi connectivity index (χ0) is 17.1. The van der Waals surface area contributed by atoms with Crippen LogP contribution < -0.4 is 5.32 Å². The molecule has 0 fully saturated rings. The standard InChI is InChI=1S/C19H18N4O2/c24-19(21-11-14-6-8-20-9-7-14)17-10-16-13-25-18(12-23(16)22-17)15-4-2-1-3-5-15/h1-10,18H,11-13H2,(H,21,24)/t18-/m0/s1. The van der Waals surface area contributed by atoms with Gasteiger partial charge < -0.3 is 10.1 Å². The molecule has 1 amide bonds. The molecule has 0 spiro atoms. The van der Waals surface area contributed by atoms with Crippen LogP contribution in [-0.4, -0.2) is 20.7 Å². The molecule has 6 nitrogen and oxygen atoms in total. The molecule has 0 saturated heterocycles. The molecule has 1 aliphatic rings. The molecule has 1 aliphatic heterocycles. The van der Waals surface area contributed by atoms with Gasteiger partial charge in [0, 0.05) is 18.9 Å². The Hall–Kier alpha value is -2.99. The predicted octanol–water partition coefficient (Wildman–Crippen LogP) is 2.48. The monoisotopic (exact) mass is 334 g/mol. The lowest BCUT2D eigenvalue weighted by molar-refractivity contribution is -0.00119. The van der Waals surface area contributed by atoms with Gasteiger partial charge in [-0.2, -0.15) is 5.10 Å². The van der Waals surface area contributed by atoms with Crippen LogP contribution in [0.2, 0.25) is 0 Å². The van der Waals surface area contributed by atoms with Gasteiger partial charge in [0.25, 0.3) is 5.91 Å². The van der Waals surface area contributed by atoms with E-state index in [1.807, 2.05) is 47.1 Å². The largest absolute Gasteiger partial charge is 0.365 e. The zero-order valence-electron chi connectivity index (χ0n) is 13.6. The Morgan fingerprint density at radius 2 is 2.00 bits per heavy atom. The molecular formula is C19H18N4O2. The van der Waals surface area contributed by atoms with Crippen LogP contribution in [0.1, 0.15) is 33.4 Å². The van der Waals surface area contributed by atoms with Gasteiger partial charge in [-0.3, -0.25) is 14.5 Å². The van der Waals surface area contributed by atoms with Gasteiger partial charge in [0.15, 0.2) is 5.69 Å². The van der Waals surface area contributed by atoms with Gasteiger partial charge in [-0.25, -0.2) is 0 Å². The third kappa shape index (κ3) is 3.44. The van der Waals surface area contributed by atoms with E-state index in [1.54, 1.807) is 18.5 Å². The van der Waals surface area contributed by atoms with Crippen LogP contribution in [0.4, 0.5) is 0 Å². The molecular weight excluding hydrogens is 316 g/mol. The number of rotatable bonds is 4. The number of benzene rings is 1. The summed E-state index contributed by atoms with van der Waals surface area (Å²) in [6, 6.07) is 15.6. The SMILES string of the molecule is O=C(NCc1ccncc1)c1cc2n(n1)C[C@@H](c1ccccc1)OC2. The number of carbonyl (C=O) groups excluding carboxylic acids is 1. The van der Waals surface area contributed by atoms with Crippen molar-refractivity contribution in [1.82, 2.24) is 20.1 Å². The lowest BCUT2D eigenvalue weighted by Gasteiger charge is -2.24. The van der Waals surface area contributed by atoms with E-state index in [0.29, 0.717) is 25.4 Å². The van der Waals surface area contributed by atoms with Crippen LogP contribution in [0.25, 0.3) is 0 Å². The first-order valence-electron chi connectivity index (χ1n) is 8.20. The second-order valence-corrected chi connectivity index (χ2v) is 5.95. The molecule has 1 atom stereocenters. The number of pyridine rings is 1. The summed E-state index contributed by atoms with van der Waals surface area (Å²) in [5.41, 5.74) is 3.45. The van der Waals surface area contributed by atoms with Gasteiger partial charge in [0.1, 0.15) is 6.10 Å². The number of nitrogens with one attached hydrogen (secondary N) is 1. The number of carbonyl (C=O) groups is 1. The quantitative estimate of drug-likeness (QED) is 0.796. The minimum Gasteiger partial charge on any atom is -0.365 e. The van der Waals surface area contributed by atoms with Gasteiger partial charge >= 0.3 is 0 Å². The number of amides is 1. The van der Waals surface area contributed by atoms with Crippen LogP contribution >= 0.6 is 0 Å². The molecule has 1 aromatic carbocycles. The number of nitrogens with zero attached hydrogens (tertiary/aromatic N) is 3. The van der Waals surface area contributed by atoms with Gasteiger partial charge in [0.2, 0.25) is 0 Å². The minimum absolute atomic E-state index is 0.0404. The maximum absolute atomic E-state index is 12.3. The van der Waals surface area contributed by atoms with Crippen molar-refractivity contribution in [2.75, 3.05) is 0 Å². The van der Waals surface area contributed by atoms with Crippen molar-refractivity contribution in [3.05, 3.63) is 83.4 Å². The van der Waals surface area contributed by atoms with E-state index in [2.05, 4.69) is 15.4 Å². The molecule has 0 aliphatic carbocycles. The number of fused-ring (bicyclic) bond motifs is 1. The van der Waals surface area contributed by atoms with Crippen LogP contribution in [0.5, 0.6) is 0 Å². The van der Waals surface area contributed by atoms with Gasteiger partial charge in [-0.05, 0) is 29.3 Å². The topological polar surface area (TPSA) is 69.0 Å². The summed E-state index contributed by atoms with van der Waals surface area (Å²) in [5.74, 6) is -0.185. The average molecular weight is 334 g/mol. The van der Waals surface area contributed by atoms with Crippen molar-refractivity contribution < 1.29 is 9.53 Å². The summed E-state index contributed by atoms with van der Waals surface area (Å²) in [5, 5.41) is 7.33. The van der Waals surface area contributed by atoms with Gasteiger partial charge in [0.05, 0.1) is 18.8 Å². The molecule has 2 aromatic heterocycles. The molecule has 3 heterocycles. The fourth-order valence-electron chi connectivity index (χ4n) is 2.88. The Bertz CT molecular complexity index is 862. The molecule has 126 valence electrons. The van der Waals surface area contributed by atoms with E-state index in [4.69, 9.17) is 4.74 Å². The molecule has 0 bridgehead atoms. The number of hydrogen-bond donors (Lipinski definition) is 1. The van der Waals surface area contributed by atoms with Crippen LogP contribution in [0.3, 0.4) is 0 Å². The summed E-state index contributed by atoms with van der Waals surface area (Å²) < 4.78 is 7.78. The van der Waals surface area contributed by atoms with Crippen LogP contribution in [0, 0.1) is 0 Å². The summed E-state index contributed by atoms with van der Waals surface area (Å²) in [6.45, 7) is 1.51. The van der Waals surface area contributed by atoms with Gasteiger partial charge in [-0.1, -0.05) is 30.3 Å². The second kappa shape index (κ2) is 6.86. The fraction of sp³-hybridized carbons (Fsp3) is 0.211. The van der Waals surface area contributed by atoms with Crippen molar-refractivity contribution >= 4 is 5.91 Å². The van der Waals surface area contributed by atoms with E-state index in [-0.39, 0.29) is 12.0 Å². The highest BCUT2D eigenvalue weighted by atomic mass is 16.5. The van der Waals surface area contributed by atoms with Crippen molar-refractivity contribution in [2.24, 2.45) is 0 Å². The molecule has 25 heavy (non-hydrogen) atoms. The smallest absolute Gasteiger partial charge is 0.272 e. The zero-order valence-corrected chi connectivity index (χ0v) is 13.6. The van der Waals surface area contributed by atoms with E-state index in [9.17, 15) is 4.79 Å². The summed E-state index contributed by atoms with van der Waals surface area (Å²) >= 11 is 0. The van der Waals surface area contributed by atoms with Crippen molar-refractivity contribution in [1.29, 1.82) is 0 Å². The Morgan fingerprint density at radius 3 is 2.80 bits per heavy atom. The van der Waals surface area contributed by atoms with E-state index < -0.39 is 0 Å². The third-order valence-electron chi connectivity index (χ3n) is 4.24. The first kappa shape index (κ1) is 15.5. The van der Waals surface area contributed by atoms with Crippen LogP contribution in [-0.2, 0) is 24.4 Å². The normalized spacial score (nSPS) is 16.2. The van der Waals surface area contributed by atoms with Gasteiger partial charge in [-0.15, -0.1) is 0 Å². The third-order valence-corrected chi connectivity index (χ3v) is 4.24. The van der Waals surface area contributed by atoms with E-state index in [0.717, 1.165) is 16.8 Å². The Labute approximate surface area is 145 Å². The summed E-state index contributed by atoms with van der Waals surface area (Å²) in [7, 11) is 0. The van der Waals surface area contributed by atoms with Crippen molar-refractivity contribution in [3.8, 4) is 0 Å². The van der Waals surface area contributed by atoms with Crippen LogP contribution in [0.15, 0.2) is 60.9 Å². The first-order valence-corrected chi connectivity index (χ1v) is 8.20. The van der Waals surface area contributed by atoms with Crippen molar-refractivity contribution in [2.45, 2.75) is 25.8 Å². The molecule has 3 aromatic rings. The summed E-state index contributed by atoms with van der Waals surface area (Å²) in [4.78, 5) is 16.3. The molecule has 4 rings (SSSR count). The lowest BCUT2D eigenvalue weighted by Crippen LogP contribution is -2.24. The highest BCUT2D eigenvalue weighted by Crippen LogP contribution is 2.26. The van der Waals surface area contributed by atoms with E-state index in [1.165, 1.54) is 0 Å². The molecule has 0 saturated carbocycles. The second-order valence-electron chi connectivity index (χ2n) is 5.95. The molecule has 0 unspecified atom stereocenters. The van der Waals surface area contributed by atoms with E-state index >= 15 is 0 Å². The molecule has 1 N–H and O–H groups in total. The lowest BCUT2D eigenvalue weighted by atomic mass is 10.1. The highest BCUT2D eigenvalue weighted by Gasteiger charge is 2.23. The maximum Gasteiger partial charge on any atom is 0.272 e. The average Bonchev–Trinajstić information content (AvgIpc) is 3.11. The summed E-state index contributed by atoms with van der Waals surface area (Å²) in [6.07, 6.45) is 3.37. The fourth-order valence-corrected chi connectivity index (χ4v) is 2.88. The number of hydrogen-bond acceptors (Lipinski definition) is 4. The Morgan fingerprint density at radius 1 is 1.20 bits per heavy atom. The Balaban J connectivity index is 1.44. The first-order chi connectivity index (χ1) is 12.3. The number of aromatic nitrogens is 3. The number of ether oxygens (including phenoxy) is 1. The Kier molecular flexibility index (Phi) is 4.26. The highest BCUT2D eigenvalue weighted by molar-refractivity contribution is 5.92. The minimum atomic E-state index is -0.185.